The third-order valence-corrected chi connectivity index (χ3v) is 2.47. The molecule has 2 heterocycles. The molecule has 1 atom stereocenters. The number of nitrogens with two attached hydrogens (primary N) is 1. The Hall–Kier alpha value is -1.20. The first-order valence-corrected chi connectivity index (χ1v) is 5.11. The van der Waals surface area contributed by atoms with Gasteiger partial charge in [0, 0.05) is 24.6 Å². The summed E-state index contributed by atoms with van der Waals surface area (Å²) in [4.78, 5) is 0. The molecule has 5 heteroatoms. The van der Waals surface area contributed by atoms with Gasteiger partial charge in [0.15, 0.2) is 0 Å². The minimum absolute atomic E-state index is 0.423. The Morgan fingerprint density at radius 2 is 2.53 bits per heavy atom. The summed E-state index contributed by atoms with van der Waals surface area (Å²) in [6, 6.07) is 1.83. The summed E-state index contributed by atoms with van der Waals surface area (Å²) in [5, 5.41) is 7.69. The Morgan fingerprint density at radius 3 is 3.27 bits per heavy atom. The van der Waals surface area contributed by atoms with Crippen molar-refractivity contribution < 1.29 is 9.47 Å². The van der Waals surface area contributed by atoms with E-state index in [4.69, 9.17) is 15.2 Å². The second-order valence-electron chi connectivity index (χ2n) is 3.61. The largest absolute Gasteiger partial charge is 0.476 e. The summed E-state index contributed by atoms with van der Waals surface area (Å²) in [5.74, 6) is 1.02. The normalized spacial score (nSPS) is 20.5. The van der Waals surface area contributed by atoms with Crippen LogP contribution in [0.1, 0.15) is 12.0 Å². The Morgan fingerprint density at radius 1 is 1.60 bits per heavy atom. The zero-order chi connectivity index (χ0) is 10.5. The van der Waals surface area contributed by atoms with Gasteiger partial charge in [0.05, 0.1) is 19.4 Å². The van der Waals surface area contributed by atoms with Gasteiger partial charge in [-0.05, 0) is 12.5 Å². The molecule has 0 radical (unpaired) electrons. The van der Waals surface area contributed by atoms with E-state index in [9.17, 15) is 0 Å². The Bertz CT molecular complexity index is 313. The summed E-state index contributed by atoms with van der Waals surface area (Å²) >= 11 is 0. The first kappa shape index (κ1) is 10.3. The maximum Gasteiger partial charge on any atom is 0.237 e. The van der Waals surface area contributed by atoms with E-state index in [1.54, 1.807) is 6.20 Å². The van der Waals surface area contributed by atoms with Crippen LogP contribution in [0, 0.1) is 5.92 Å². The standard InChI is InChI=1S/C10H15N3O2/c11-5-9-1-3-12-13-10(9)15-7-8-2-4-14-6-8/h1,3,8H,2,4-7,11H2. The molecule has 5 nitrogen and oxygen atoms in total. The molecular weight excluding hydrogens is 194 g/mol. The van der Waals surface area contributed by atoms with E-state index in [1.165, 1.54) is 0 Å². The van der Waals surface area contributed by atoms with E-state index >= 15 is 0 Å². The van der Waals surface area contributed by atoms with Crippen LogP contribution >= 0.6 is 0 Å². The zero-order valence-electron chi connectivity index (χ0n) is 8.56. The molecule has 1 aromatic rings. The highest BCUT2D eigenvalue weighted by molar-refractivity contribution is 5.22. The highest BCUT2D eigenvalue weighted by Crippen LogP contribution is 2.16. The molecule has 0 bridgehead atoms. The molecule has 1 unspecified atom stereocenters. The molecule has 0 aliphatic carbocycles. The van der Waals surface area contributed by atoms with Crippen LogP contribution in [0.4, 0.5) is 0 Å². The number of hydrogen-bond acceptors (Lipinski definition) is 5. The van der Waals surface area contributed by atoms with Crippen molar-refractivity contribution in [2.24, 2.45) is 11.7 Å². The van der Waals surface area contributed by atoms with Crippen molar-refractivity contribution in [3.8, 4) is 5.88 Å². The number of hydrogen-bond donors (Lipinski definition) is 1. The fourth-order valence-corrected chi connectivity index (χ4v) is 1.53. The molecule has 1 aliphatic rings. The van der Waals surface area contributed by atoms with Crippen LogP contribution in [0.2, 0.25) is 0 Å². The molecule has 2 rings (SSSR count). The Balaban J connectivity index is 1.91. The lowest BCUT2D eigenvalue weighted by Crippen LogP contribution is -2.14. The molecule has 1 aromatic heterocycles. The lowest BCUT2D eigenvalue weighted by Gasteiger charge is -2.10. The van der Waals surface area contributed by atoms with E-state index in [0.29, 0.717) is 24.9 Å². The summed E-state index contributed by atoms with van der Waals surface area (Å²) in [7, 11) is 0. The van der Waals surface area contributed by atoms with Gasteiger partial charge in [0.25, 0.3) is 0 Å². The topological polar surface area (TPSA) is 70.3 Å². The maximum atomic E-state index is 5.58. The van der Waals surface area contributed by atoms with Crippen molar-refractivity contribution in [1.29, 1.82) is 0 Å². The average Bonchev–Trinajstić information content (AvgIpc) is 2.79. The molecule has 82 valence electrons. The number of rotatable bonds is 4. The van der Waals surface area contributed by atoms with Gasteiger partial charge in [-0.3, -0.25) is 0 Å². The number of ether oxygens (including phenoxy) is 2. The monoisotopic (exact) mass is 209 g/mol. The van der Waals surface area contributed by atoms with E-state index in [0.717, 1.165) is 25.2 Å². The van der Waals surface area contributed by atoms with Gasteiger partial charge >= 0.3 is 0 Å². The molecule has 0 amide bonds. The molecule has 1 fully saturated rings. The third-order valence-electron chi connectivity index (χ3n) is 2.47. The van der Waals surface area contributed by atoms with Gasteiger partial charge in [0.2, 0.25) is 5.88 Å². The highest BCUT2D eigenvalue weighted by atomic mass is 16.5. The molecular formula is C10H15N3O2. The molecule has 0 saturated carbocycles. The van der Waals surface area contributed by atoms with Gasteiger partial charge in [0.1, 0.15) is 0 Å². The lowest BCUT2D eigenvalue weighted by atomic mass is 10.1. The van der Waals surface area contributed by atoms with Crippen molar-refractivity contribution >= 4 is 0 Å². The fraction of sp³-hybridized carbons (Fsp3) is 0.600. The summed E-state index contributed by atoms with van der Waals surface area (Å²) in [6.07, 6.45) is 2.67. The van der Waals surface area contributed by atoms with Crippen LogP contribution in [0.25, 0.3) is 0 Å². The van der Waals surface area contributed by atoms with Crippen LogP contribution in [-0.2, 0) is 11.3 Å². The van der Waals surface area contributed by atoms with Crippen molar-refractivity contribution in [3.63, 3.8) is 0 Å². The second-order valence-corrected chi connectivity index (χ2v) is 3.61. The first-order valence-electron chi connectivity index (χ1n) is 5.11. The van der Waals surface area contributed by atoms with Gasteiger partial charge in [-0.1, -0.05) is 0 Å². The van der Waals surface area contributed by atoms with Gasteiger partial charge in [-0.2, -0.15) is 5.10 Å². The minimum atomic E-state index is 0.423. The fourth-order valence-electron chi connectivity index (χ4n) is 1.53. The summed E-state index contributed by atoms with van der Waals surface area (Å²) < 4.78 is 10.8. The van der Waals surface area contributed by atoms with Gasteiger partial charge in [-0.25, -0.2) is 0 Å². The lowest BCUT2D eigenvalue weighted by molar-refractivity contribution is 0.164. The van der Waals surface area contributed by atoms with Crippen LogP contribution in [-0.4, -0.2) is 30.0 Å². The van der Waals surface area contributed by atoms with Crippen molar-refractivity contribution in [2.75, 3.05) is 19.8 Å². The molecule has 0 aromatic carbocycles. The second kappa shape index (κ2) is 5.04. The highest BCUT2D eigenvalue weighted by Gasteiger charge is 2.17. The smallest absolute Gasteiger partial charge is 0.237 e. The SMILES string of the molecule is NCc1ccnnc1OCC1CCOC1. The van der Waals surface area contributed by atoms with Crippen molar-refractivity contribution in [3.05, 3.63) is 17.8 Å². The predicted octanol–water partition coefficient (Wildman–Crippen LogP) is 0.351. The van der Waals surface area contributed by atoms with E-state index < -0.39 is 0 Å². The summed E-state index contributed by atoms with van der Waals surface area (Å²) in [5.41, 5.74) is 6.45. The number of aromatic nitrogens is 2. The van der Waals surface area contributed by atoms with E-state index in [-0.39, 0.29) is 0 Å². The van der Waals surface area contributed by atoms with Gasteiger partial charge < -0.3 is 15.2 Å². The third kappa shape index (κ3) is 2.64. The maximum absolute atomic E-state index is 5.58. The van der Waals surface area contributed by atoms with Gasteiger partial charge in [-0.15, -0.1) is 5.10 Å². The van der Waals surface area contributed by atoms with Crippen LogP contribution in [0.15, 0.2) is 12.3 Å². The number of nitrogens with zero attached hydrogens (tertiary/aromatic N) is 2. The minimum Gasteiger partial charge on any atom is -0.476 e. The molecule has 15 heavy (non-hydrogen) atoms. The van der Waals surface area contributed by atoms with Crippen LogP contribution in [0.3, 0.4) is 0 Å². The zero-order valence-corrected chi connectivity index (χ0v) is 8.56. The molecule has 2 N–H and O–H groups in total. The Labute approximate surface area is 88.6 Å². The predicted molar refractivity (Wildman–Crippen MR) is 54.3 cm³/mol. The average molecular weight is 209 g/mol. The van der Waals surface area contributed by atoms with Crippen molar-refractivity contribution in [2.45, 2.75) is 13.0 Å². The van der Waals surface area contributed by atoms with E-state index in [1.807, 2.05) is 6.07 Å². The molecule has 1 aliphatic heterocycles. The van der Waals surface area contributed by atoms with Crippen LogP contribution < -0.4 is 10.5 Å². The summed E-state index contributed by atoms with van der Waals surface area (Å²) in [6.45, 7) is 2.66. The van der Waals surface area contributed by atoms with Crippen LogP contribution in [0.5, 0.6) is 5.88 Å². The van der Waals surface area contributed by atoms with E-state index in [2.05, 4.69) is 10.2 Å². The molecule has 0 spiro atoms. The van der Waals surface area contributed by atoms with Crippen molar-refractivity contribution in [1.82, 2.24) is 10.2 Å². The first-order chi connectivity index (χ1) is 7.40. The molecule has 1 saturated heterocycles. The Kier molecular flexibility index (Phi) is 3.47. The quantitative estimate of drug-likeness (QED) is 0.774.